The smallest absolute Gasteiger partial charge is 0.165 e. The Kier molecular flexibility index (Phi) is 5.81. The van der Waals surface area contributed by atoms with Crippen molar-refractivity contribution in [3.63, 3.8) is 0 Å². The van der Waals surface area contributed by atoms with Crippen molar-refractivity contribution < 1.29 is 8.83 Å². The second-order valence-electron chi connectivity index (χ2n) is 12.0. The van der Waals surface area contributed by atoms with Gasteiger partial charge in [0.05, 0.1) is 0 Å². The first-order valence-corrected chi connectivity index (χ1v) is 15.9. The molecule has 0 saturated heterocycles. The summed E-state index contributed by atoms with van der Waals surface area (Å²) in [5.74, 6) is 1.78. The molecule has 3 heterocycles. The molecule has 0 aliphatic heterocycles. The first-order chi connectivity index (χ1) is 23.8. The molecule has 0 saturated carbocycles. The molecule has 0 aliphatic carbocycles. The first-order valence-electron chi connectivity index (χ1n) is 15.9. The Hall–Kier alpha value is -6.59. The van der Waals surface area contributed by atoms with Crippen molar-refractivity contribution in [2.45, 2.75) is 0 Å². The monoisotopic (exact) mass is 615 g/mol. The molecule has 0 fully saturated rings. The average Bonchev–Trinajstić information content (AvgIpc) is 3.72. The van der Waals surface area contributed by atoms with E-state index in [1.54, 1.807) is 0 Å². The summed E-state index contributed by atoms with van der Waals surface area (Å²) in [6, 6.07) is 51.6. The van der Waals surface area contributed by atoms with E-state index in [1.165, 1.54) is 0 Å². The maximum atomic E-state index is 6.40. The minimum atomic E-state index is 0.573. The summed E-state index contributed by atoms with van der Waals surface area (Å²) in [4.78, 5) is 15.5. The van der Waals surface area contributed by atoms with Crippen LogP contribution in [0.15, 0.2) is 160 Å². The number of benzene rings is 7. The van der Waals surface area contributed by atoms with E-state index in [2.05, 4.69) is 78.9 Å². The van der Waals surface area contributed by atoms with Gasteiger partial charge in [0, 0.05) is 38.2 Å². The van der Waals surface area contributed by atoms with Crippen molar-refractivity contribution in [2.75, 3.05) is 0 Å². The van der Waals surface area contributed by atoms with Gasteiger partial charge in [-0.3, -0.25) is 0 Å². The Balaban J connectivity index is 1.29. The molecule has 0 aliphatic rings. The maximum absolute atomic E-state index is 6.40. The van der Waals surface area contributed by atoms with Gasteiger partial charge in [-0.1, -0.05) is 109 Å². The Labute approximate surface area is 274 Å². The summed E-state index contributed by atoms with van der Waals surface area (Å²) < 4.78 is 12.7. The molecule has 224 valence electrons. The van der Waals surface area contributed by atoms with Crippen molar-refractivity contribution >= 4 is 54.6 Å². The quantitative estimate of drug-likeness (QED) is 0.197. The van der Waals surface area contributed by atoms with E-state index in [9.17, 15) is 0 Å². The van der Waals surface area contributed by atoms with E-state index < -0.39 is 0 Å². The number of aromatic nitrogens is 3. The molecule has 10 aromatic rings. The van der Waals surface area contributed by atoms with E-state index >= 15 is 0 Å². The lowest BCUT2D eigenvalue weighted by Gasteiger charge is -2.14. The maximum Gasteiger partial charge on any atom is 0.165 e. The van der Waals surface area contributed by atoms with Gasteiger partial charge in [0.1, 0.15) is 22.3 Å². The molecule has 0 atom stereocenters. The van der Waals surface area contributed by atoms with Gasteiger partial charge < -0.3 is 8.83 Å². The van der Waals surface area contributed by atoms with E-state index in [1.807, 2.05) is 72.8 Å². The number of rotatable bonds is 4. The van der Waals surface area contributed by atoms with Crippen molar-refractivity contribution in [1.29, 1.82) is 0 Å². The van der Waals surface area contributed by atoms with Crippen LogP contribution in [0.2, 0.25) is 0 Å². The lowest BCUT2D eigenvalue weighted by atomic mass is 9.94. The van der Waals surface area contributed by atoms with Gasteiger partial charge in [-0.05, 0) is 64.4 Å². The van der Waals surface area contributed by atoms with Crippen LogP contribution in [0.25, 0.3) is 99.9 Å². The summed E-state index contributed by atoms with van der Waals surface area (Å²) >= 11 is 0. The van der Waals surface area contributed by atoms with E-state index in [-0.39, 0.29) is 0 Å². The molecule has 10 rings (SSSR count). The van der Waals surface area contributed by atoms with Crippen molar-refractivity contribution in [1.82, 2.24) is 15.0 Å². The highest BCUT2D eigenvalue weighted by Crippen LogP contribution is 2.43. The van der Waals surface area contributed by atoms with Gasteiger partial charge in [0.25, 0.3) is 0 Å². The second-order valence-corrected chi connectivity index (χ2v) is 12.0. The van der Waals surface area contributed by atoms with Crippen LogP contribution in [0.3, 0.4) is 0 Å². The van der Waals surface area contributed by atoms with Crippen LogP contribution >= 0.6 is 0 Å². The third-order valence-corrected chi connectivity index (χ3v) is 9.13. The third-order valence-electron chi connectivity index (χ3n) is 9.13. The zero-order valence-corrected chi connectivity index (χ0v) is 25.6. The van der Waals surface area contributed by atoms with Crippen LogP contribution in [0, 0.1) is 0 Å². The third kappa shape index (κ3) is 4.22. The molecular formula is C43H25N3O2. The molecule has 48 heavy (non-hydrogen) atoms. The summed E-state index contributed by atoms with van der Waals surface area (Å²) in [6.07, 6.45) is 0. The van der Waals surface area contributed by atoms with Crippen LogP contribution in [0.1, 0.15) is 0 Å². The van der Waals surface area contributed by atoms with Crippen molar-refractivity contribution in [2.24, 2.45) is 0 Å². The summed E-state index contributed by atoms with van der Waals surface area (Å²) in [6.45, 7) is 0. The van der Waals surface area contributed by atoms with Gasteiger partial charge in [-0.2, -0.15) is 0 Å². The van der Waals surface area contributed by atoms with Crippen LogP contribution in [-0.4, -0.2) is 15.0 Å². The molecule has 7 aromatic carbocycles. The molecule has 0 amide bonds. The fraction of sp³-hybridized carbons (Fsp3) is 0. The Morgan fingerprint density at radius 3 is 1.83 bits per heavy atom. The fourth-order valence-electron chi connectivity index (χ4n) is 6.84. The summed E-state index contributed by atoms with van der Waals surface area (Å²) in [5, 5.41) is 6.43. The van der Waals surface area contributed by atoms with E-state index in [0.29, 0.717) is 17.5 Å². The predicted octanol–water partition coefficient (Wildman–Crippen LogP) is 11.5. The standard InChI is InChI=1S/C43H25N3O2/c1-2-11-27(12-3-1)41-44-42(30-19-18-26-10-4-5-13-28(26)24-30)46-43(45-41)40-31(22-23-37-39(40)34-15-7-9-17-36(34)47-37)29-20-21-33-32-14-6-8-16-35(32)48-38(33)25-29/h1-25H. The zero-order valence-electron chi connectivity index (χ0n) is 25.6. The van der Waals surface area contributed by atoms with Crippen molar-refractivity contribution in [3.05, 3.63) is 152 Å². The highest BCUT2D eigenvalue weighted by atomic mass is 16.3. The van der Waals surface area contributed by atoms with Gasteiger partial charge in [0.2, 0.25) is 0 Å². The Bertz CT molecular complexity index is 2850. The summed E-state index contributed by atoms with van der Waals surface area (Å²) in [7, 11) is 0. The molecule has 5 nitrogen and oxygen atoms in total. The van der Waals surface area contributed by atoms with Crippen molar-refractivity contribution in [3.8, 4) is 45.3 Å². The van der Waals surface area contributed by atoms with Crippen LogP contribution in [0.5, 0.6) is 0 Å². The van der Waals surface area contributed by atoms with Gasteiger partial charge in [0.15, 0.2) is 17.5 Å². The number of para-hydroxylation sites is 2. The Morgan fingerprint density at radius 2 is 0.979 bits per heavy atom. The second kappa shape index (κ2) is 10.5. The molecule has 0 unspecified atom stereocenters. The number of nitrogens with zero attached hydrogens (tertiary/aromatic N) is 3. The largest absolute Gasteiger partial charge is 0.456 e. The number of hydrogen-bond donors (Lipinski definition) is 0. The first kappa shape index (κ1) is 26.6. The molecule has 0 N–H and O–H groups in total. The molecule has 3 aromatic heterocycles. The molecule has 0 radical (unpaired) electrons. The predicted molar refractivity (Wildman–Crippen MR) is 194 cm³/mol. The average molecular weight is 616 g/mol. The van der Waals surface area contributed by atoms with Gasteiger partial charge >= 0.3 is 0 Å². The topological polar surface area (TPSA) is 65.0 Å². The minimum absolute atomic E-state index is 0.573. The van der Waals surface area contributed by atoms with Crippen LogP contribution in [0.4, 0.5) is 0 Å². The number of hydrogen-bond acceptors (Lipinski definition) is 5. The van der Waals surface area contributed by atoms with E-state index in [4.69, 9.17) is 23.8 Å². The number of furan rings is 2. The Morgan fingerprint density at radius 1 is 0.354 bits per heavy atom. The minimum Gasteiger partial charge on any atom is -0.456 e. The zero-order chi connectivity index (χ0) is 31.6. The van der Waals surface area contributed by atoms with Crippen LogP contribution < -0.4 is 0 Å². The highest BCUT2D eigenvalue weighted by Gasteiger charge is 2.22. The van der Waals surface area contributed by atoms with Crippen LogP contribution in [-0.2, 0) is 0 Å². The molecule has 5 heteroatoms. The highest BCUT2D eigenvalue weighted by molar-refractivity contribution is 6.16. The molecular weight excluding hydrogens is 590 g/mol. The number of fused-ring (bicyclic) bond motifs is 7. The van der Waals surface area contributed by atoms with Gasteiger partial charge in [-0.15, -0.1) is 0 Å². The van der Waals surface area contributed by atoms with Gasteiger partial charge in [-0.25, -0.2) is 15.0 Å². The summed E-state index contributed by atoms with van der Waals surface area (Å²) in [5.41, 5.74) is 7.97. The van der Waals surface area contributed by atoms with E-state index in [0.717, 1.165) is 82.5 Å². The lowest BCUT2D eigenvalue weighted by Crippen LogP contribution is -2.01. The fourth-order valence-corrected chi connectivity index (χ4v) is 6.84. The SMILES string of the molecule is c1ccc(-c2nc(-c3ccc4ccccc4c3)nc(-c3c(-c4ccc5c(c4)oc4ccccc45)ccc4oc5ccccc5c34)n2)cc1. The lowest BCUT2D eigenvalue weighted by molar-refractivity contribution is 0.669. The molecule has 0 bridgehead atoms. The normalized spacial score (nSPS) is 11.8. The molecule has 0 spiro atoms.